The van der Waals surface area contributed by atoms with Crippen LogP contribution < -0.4 is 10.6 Å². The Kier molecular flexibility index (Phi) is 5.42. The molecule has 1 atom stereocenters. The van der Waals surface area contributed by atoms with E-state index in [4.69, 9.17) is 11.6 Å². The number of benzene rings is 3. The van der Waals surface area contributed by atoms with Gasteiger partial charge in [0.15, 0.2) is 0 Å². The summed E-state index contributed by atoms with van der Waals surface area (Å²) in [6, 6.07) is 21.3. The van der Waals surface area contributed by atoms with Gasteiger partial charge in [-0.25, -0.2) is 0 Å². The summed E-state index contributed by atoms with van der Waals surface area (Å²) < 4.78 is 2.03. The van der Waals surface area contributed by atoms with E-state index in [1.807, 2.05) is 66.1 Å². The molecule has 3 aromatic carbocycles. The normalized spacial score (nSPS) is 15.8. The molecule has 0 radical (unpaired) electrons. The third-order valence-electron chi connectivity index (χ3n) is 6.56. The minimum absolute atomic E-state index is 0.0407. The average Bonchev–Trinajstić information content (AvgIpc) is 3.39. The summed E-state index contributed by atoms with van der Waals surface area (Å²) in [5, 5.41) is 15.3. The van der Waals surface area contributed by atoms with Gasteiger partial charge in [0.05, 0.1) is 12.1 Å². The number of aromatic nitrogens is 3. The summed E-state index contributed by atoms with van der Waals surface area (Å²) in [7, 11) is 0. The van der Waals surface area contributed by atoms with Crippen molar-refractivity contribution < 1.29 is 9.59 Å². The van der Waals surface area contributed by atoms with Crippen molar-refractivity contribution in [2.75, 3.05) is 10.6 Å². The molecule has 2 N–H and O–H groups in total. The highest BCUT2D eigenvalue weighted by Gasteiger charge is 2.28. The Bertz CT molecular complexity index is 1550. The maximum atomic E-state index is 13.2. The van der Waals surface area contributed by atoms with Gasteiger partial charge in [-0.2, -0.15) is 0 Å². The monoisotopic (exact) mass is 495 g/mol. The largest absolute Gasteiger partial charge is 0.326 e. The summed E-state index contributed by atoms with van der Waals surface area (Å²) in [5.41, 5.74) is 6.31. The minimum Gasteiger partial charge on any atom is -0.326 e. The molecule has 3 heterocycles. The van der Waals surface area contributed by atoms with Crippen molar-refractivity contribution in [3.8, 4) is 5.69 Å². The number of para-hydroxylation sites is 1. The predicted molar refractivity (Wildman–Crippen MR) is 139 cm³/mol. The molecule has 0 saturated carbocycles. The highest BCUT2D eigenvalue weighted by molar-refractivity contribution is 6.30. The standard InChI is InChI=1S/C28H22ClN5O2/c1-16-32-33-28-19(14-26(35)30-21-11-8-18-13-27(36)31-24(18)15-21)12-23(17-6-9-20(29)10-7-17)22-4-2-3-5-25(22)34(16)28/h2-12,15,19H,13-14H2,1H3,(H,30,35)(H,31,36)/t19-/m1/s1. The molecule has 36 heavy (non-hydrogen) atoms. The van der Waals surface area contributed by atoms with Gasteiger partial charge in [-0.15, -0.1) is 10.2 Å². The molecule has 4 aromatic rings. The van der Waals surface area contributed by atoms with Gasteiger partial charge < -0.3 is 10.6 Å². The quantitative estimate of drug-likeness (QED) is 0.403. The molecule has 0 saturated heterocycles. The smallest absolute Gasteiger partial charge is 0.228 e. The zero-order chi connectivity index (χ0) is 24.8. The van der Waals surface area contributed by atoms with Crippen LogP contribution in [0.3, 0.4) is 0 Å². The summed E-state index contributed by atoms with van der Waals surface area (Å²) in [6.07, 6.45) is 2.63. The second-order valence-corrected chi connectivity index (χ2v) is 9.44. The topological polar surface area (TPSA) is 88.9 Å². The Balaban J connectivity index is 1.38. The van der Waals surface area contributed by atoms with Crippen LogP contribution in [0.5, 0.6) is 0 Å². The first-order valence-electron chi connectivity index (χ1n) is 11.7. The molecule has 178 valence electrons. The molecule has 6 rings (SSSR count). The maximum absolute atomic E-state index is 13.2. The lowest BCUT2D eigenvalue weighted by Crippen LogP contribution is -2.17. The Hall–Kier alpha value is -4.23. The van der Waals surface area contributed by atoms with Crippen LogP contribution in [0.4, 0.5) is 11.4 Å². The van der Waals surface area contributed by atoms with Crippen molar-refractivity contribution in [2.45, 2.75) is 25.7 Å². The molecule has 0 unspecified atom stereocenters. The van der Waals surface area contributed by atoms with Crippen molar-refractivity contribution in [1.29, 1.82) is 0 Å². The maximum Gasteiger partial charge on any atom is 0.228 e. The Morgan fingerprint density at radius 2 is 1.92 bits per heavy atom. The highest BCUT2D eigenvalue weighted by atomic mass is 35.5. The SMILES string of the molecule is Cc1nnc2n1-c1ccccc1C(c1ccc(Cl)cc1)=C[C@@H]2CC(=O)Nc1ccc2c(c1)NC(=O)C2. The lowest BCUT2D eigenvalue weighted by Gasteiger charge is -2.14. The number of nitrogens with zero attached hydrogens (tertiary/aromatic N) is 3. The molecular weight excluding hydrogens is 474 g/mol. The molecule has 2 amide bonds. The Labute approximate surface area is 212 Å². The molecule has 0 spiro atoms. The molecular formula is C28H22ClN5O2. The van der Waals surface area contributed by atoms with E-state index in [0.29, 0.717) is 23.0 Å². The molecule has 0 bridgehead atoms. The van der Waals surface area contributed by atoms with Crippen LogP contribution in [-0.4, -0.2) is 26.6 Å². The second-order valence-electron chi connectivity index (χ2n) is 9.00. The van der Waals surface area contributed by atoms with Crippen LogP contribution in [0.2, 0.25) is 5.02 Å². The van der Waals surface area contributed by atoms with Gasteiger partial charge in [-0.05, 0) is 54.0 Å². The van der Waals surface area contributed by atoms with E-state index in [-0.39, 0.29) is 24.2 Å². The van der Waals surface area contributed by atoms with Crippen molar-refractivity contribution in [2.24, 2.45) is 0 Å². The third-order valence-corrected chi connectivity index (χ3v) is 6.82. The molecule has 7 nitrogen and oxygen atoms in total. The number of hydrogen-bond acceptors (Lipinski definition) is 4. The zero-order valence-electron chi connectivity index (χ0n) is 19.5. The molecule has 0 fully saturated rings. The molecule has 1 aromatic heterocycles. The van der Waals surface area contributed by atoms with Gasteiger partial charge in [0.25, 0.3) is 0 Å². The van der Waals surface area contributed by atoms with Crippen molar-refractivity contribution >= 4 is 40.4 Å². The number of carbonyl (C=O) groups is 2. The van der Waals surface area contributed by atoms with E-state index < -0.39 is 0 Å². The van der Waals surface area contributed by atoms with Gasteiger partial charge in [0.1, 0.15) is 11.6 Å². The van der Waals surface area contributed by atoms with Crippen LogP contribution >= 0.6 is 11.6 Å². The fraction of sp³-hybridized carbons (Fsp3) is 0.143. The Morgan fingerprint density at radius 3 is 2.75 bits per heavy atom. The number of rotatable bonds is 4. The molecule has 8 heteroatoms. The number of anilines is 2. The van der Waals surface area contributed by atoms with E-state index >= 15 is 0 Å². The lowest BCUT2D eigenvalue weighted by atomic mass is 9.92. The number of hydrogen-bond donors (Lipinski definition) is 2. The zero-order valence-corrected chi connectivity index (χ0v) is 20.2. The minimum atomic E-state index is -0.321. The molecule has 2 aliphatic heterocycles. The number of amides is 2. The summed E-state index contributed by atoms with van der Waals surface area (Å²) in [4.78, 5) is 24.9. The Morgan fingerprint density at radius 1 is 1.11 bits per heavy atom. The van der Waals surface area contributed by atoms with Crippen molar-refractivity contribution in [3.05, 3.63) is 106 Å². The van der Waals surface area contributed by atoms with Gasteiger partial charge in [-0.1, -0.05) is 54.1 Å². The molecule has 2 aliphatic rings. The average molecular weight is 496 g/mol. The van der Waals surface area contributed by atoms with E-state index in [9.17, 15) is 9.59 Å². The first-order valence-corrected chi connectivity index (χ1v) is 12.1. The van der Waals surface area contributed by atoms with Crippen LogP contribution in [-0.2, 0) is 16.0 Å². The number of fused-ring (bicyclic) bond motifs is 4. The van der Waals surface area contributed by atoms with E-state index in [2.05, 4.69) is 33.0 Å². The van der Waals surface area contributed by atoms with Crippen LogP contribution in [0, 0.1) is 6.92 Å². The van der Waals surface area contributed by atoms with Crippen LogP contribution in [0.15, 0.2) is 72.8 Å². The fourth-order valence-electron chi connectivity index (χ4n) is 4.91. The van der Waals surface area contributed by atoms with Gasteiger partial charge >= 0.3 is 0 Å². The number of allylic oxidation sites excluding steroid dienone is 1. The van der Waals surface area contributed by atoms with E-state index in [0.717, 1.165) is 39.5 Å². The third kappa shape index (κ3) is 3.97. The lowest BCUT2D eigenvalue weighted by molar-refractivity contribution is -0.116. The predicted octanol–water partition coefficient (Wildman–Crippen LogP) is 5.28. The van der Waals surface area contributed by atoms with Crippen LogP contribution in [0.1, 0.15) is 40.7 Å². The summed E-state index contributed by atoms with van der Waals surface area (Å²) in [6.45, 7) is 1.91. The van der Waals surface area contributed by atoms with Gasteiger partial charge in [0.2, 0.25) is 11.8 Å². The first kappa shape index (κ1) is 22.2. The second kappa shape index (κ2) is 8.77. The van der Waals surface area contributed by atoms with E-state index in [1.54, 1.807) is 6.07 Å². The summed E-state index contributed by atoms with van der Waals surface area (Å²) in [5.74, 6) is 0.942. The number of halogens is 1. The fourth-order valence-corrected chi connectivity index (χ4v) is 5.04. The van der Waals surface area contributed by atoms with E-state index in [1.165, 1.54) is 0 Å². The number of nitrogens with one attached hydrogen (secondary N) is 2. The van der Waals surface area contributed by atoms with Gasteiger partial charge in [-0.3, -0.25) is 14.2 Å². The molecule has 0 aliphatic carbocycles. The van der Waals surface area contributed by atoms with Crippen LogP contribution in [0.25, 0.3) is 11.3 Å². The van der Waals surface area contributed by atoms with Gasteiger partial charge in [0, 0.05) is 34.3 Å². The number of carbonyl (C=O) groups excluding carboxylic acids is 2. The first-order chi connectivity index (χ1) is 17.5. The van der Waals surface area contributed by atoms with Crippen molar-refractivity contribution in [3.63, 3.8) is 0 Å². The number of aryl methyl sites for hydroxylation is 1. The van der Waals surface area contributed by atoms with Crippen molar-refractivity contribution in [1.82, 2.24) is 14.8 Å². The summed E-state index contributed by atoms with van der Waals surface area (Å²) >= 11 is 6.16. The highest BCUT2D eigenvalue weighted by Crippen LogP contribution is 2.38.